The van der Waals surface area contributed by atoms with Gasteiger partial charge in [-0.1, -0.05) is 94.8 Å². The van der Waals surface area contributed by atoms with Crippen molar-refractivity contribution < 1.29 is 53.4 Å². The van der Waals surface area contributed by atoms with Gasteiger partial charge in [0.15, 0.2) is 5.78 Å². The minimum atomic E-state index is -2.40. The SMILES string of the molecule is CO[C@@H]1C[C@@H](C[C@@H](C)[C@@H]2CC[C@H](C)/C=C(\C)[C@@H](O)[C@@H](OC)C(=O)[C@H](C)C[C@H](C)/C=C/C=C/C=C(\C)[C@@H](N(C)c3ccccc3)C[C@@H]3CC[C@@H](C)[C@@](O)(O3)C(=O)C(=O)N3CCCC[C@H]3C(=O)O2)CC[C@H]1O. The van der Waals surface area contributed by atoms with E-state index in [4.69, 9.17) is 18.9 Å². The molecule has 1 saturated carbocycles. The minimum absolute atomic E-state index is 0.0588. The number of allylic oxidation sites excluding steroid dienone is 6. The topological polar surface area (TPSA) is 172 Å². The normalized spacial score (nSPS) is 38.2. The lowest BCUT2D eigenvalue weighted by Crippen LogP contribution is -2.61. The van der Waals surface area contributed by atoms with Crippen molar-refractivity contribution >= 4 is 29.1 Å². The molecule has 15 atom stereocenters. The summed E-state index contributed by atoms with van der Waals surface area (Å²) in [5.74, 6) is -6.12. The smallest absolute Gasteiger partial charge is 0.329 e. The number of likely N-dealkylation sites (N-methyl/N-ethyl adjacent to an activating group) is 1. The Labute approximate surface area is 418 Å². The van der Waals surface area contributed by atoms with Gasteiger partial charge in [0.05, 0.1) is 24.4 Å². The van der Waals surface area contributed by atoms with Gasteiger partial charge in [0.2, 0.25) is 5.79 Å². The monoisotopic (exact) mass is 975 g/mol. The van der Waals surface area contributed by atoms with Crippen LogP contribution in [0.5, 0.6) is 0 Å². The molecule has 13 nitrogen and oxygen atoms in total. The number of methoxy groups -OCH3 is 2. The molecule has 3 heterocycles. The van der Waals surface area contributed by atoms with Gasteiger partial charge < -0.3 is 44.1 Å². The van der Waals surface area contributed by atoms with E-state index in [1.165, 1.54) is 12.0 Å². The maximum Gasteiger partial charge on any atom is 0.329 e. The molecule has 13 heteroatoms. The van der Waals surface area contributed by atoms with Crippen LogP contribution in [0.4, 0.5) is 5.69 Å². The van der Waals surface area contributed by atoms with E-state index in [-0.39, 0.29) is 54.1 Å². The molecule has 0 radical (unpaired) electrons. The van der Waals surface area contributed by atoms with Crippen molar-refractivity contribution in [2.45, 2.75) is 186 Å². The number of benzene rings is 1. The number of nitrogens with zero attached hydrogens (tertiary/aromatic N) is 2. The maximum absolute atomic E-state index is 14.5. The molecule has 70 heavy (non-hydrogen) atoms. The van der Waals surface area contributed by atoms with Crippen LogP contribution in [-0.4, -0.2) is 126 Å². The van der Waals surface area contributed by atoms with Crippen LogP contribution in [0.1, 0.15) is 132 Å². The fourth-order valence-electron chi connectivity index (χ4n) is 11.3. The number of hydrogen-bond acceptors (Lipinski definition) is 12. The average Bonchev–Trinajstić information content (AvgIpc) is 3.35. The number of amides is 1. The largest absolute Gasteiger partial charge is 0.461 e. The van der Waals surface area contributed by atoms with Crippen LogP contribution in [0.15, 0.2) is 77.9 Å². The van der Waals surface area contributed by atoms with E-state index in [1.807, 2.05) is 88.5 Å². The van der Waals surface area contributed by atoms with E-state index in [0.717, 1.165) is 24.1 Å². The third kappa shape index (κ3) is 14.8. The molecule has 2 bridgehead atoms. The van der Waals surface area contributed by atoms with Gasteiger partial charge in [-0.2, -0.15) is 0 Å². The van der Waals surface area contributed by atoms with Gasteiger partial charge in [0, 0.05) is 45.3 Å². The van der Waals surface area contributed by atoms with E-state index < -0.39 is 65.9 Å². The molecule has 0 spiro atoms. The van der Waals surface area contributed by atoms with Crippen LogP contribution in [0.2, 0.25) is 0 Å². The highest BCUT2D eigenvalue weighted by Crippen LogP contribution is 2.38. The van der Waals surface area contributed by atoms with E-state index >= 15 is 0 Å². The van der Waals surface area contributed by atoms with Crippen molar-refractivity contribution in [3.63, 3.8) is 0 Å². The van der Waals surface area contributed by atoms with Crippen LogP contribution in [0.25, 0.3) is 0 Å². The molecule has 1 aromatic carbocycles. The first kappa shape index (κ1) is 56.9. The number of aliphatic hydroxyl groups excluding tert-OH is 2. The zero-order valence-corrected chi connectivity index (χ0v) is 43.8. The second-order valence-electron chi connectivity index (χ2n) is 21.4. The highest BCUT2D eigenvalue weighted by Gasteiger charge is 2.53. The van der Waals surface area contributed by atoms with Crippen LogP contribution >= 0.6 is 0 Å². The Morgan fingerprint density at radius 2 is 1.56 bits per heavy atom. The standard InChI is InChI=1S/C57H86N2O11/c1-36-19-13-11-14-20-38(3)47(58(8)44-21-15-12-16-22-44)35-45-27-25-42(7)57(66,70-45)54(63)55(64)59-30-18-17-23-46(59)56(65)69-49(39(4)33-43-26-28-48(60)50(34-43)67-9)29-24-37(2)32-41(6)52(62)53(68-10)51(61)40(5)31-36/h11-16,19-22,32,36-37,39-40,42-43,45-50,52-53,60,62,66H,17-18,23-31,33-35H2,1-10H3/b14-11+,19-13+,38-20+,41-32+/t36-,37+,39-,40-,42-,43-,45+,46+,47+,48-,49+,50-,52-,53+,57-/m1/s1. The highest BCUT2D eigenvalue weighted by atomic mass is 16.6. The van der Waals surface area contributed by atoms with Crippen molar-refractivity contribution in [3.05, 3.63) is 77.9 Å². The Balaban J connectivity index is 1.49. The first-order valence-electron chi connectivity index (χ1n) is 26.2. The fraction of sp³-hybridized carbons (Fsp3) is 0.684. The molecule has 0 aromatic heterocycles. The van der Waals surface area contributed by atoms with Crippen molar-refractivity contribution in [3.8, 4) is 0 Å². The lowest BCUT2D eigenvalue weighted by molar-refractivity contribution is -0.263. The zero-order chi connectivity index (χ0) is 51.3. The van der Waals surface area contributed by atoms with Crippen LogP contribution in [0, 0.1) is 35.5 Å². The van der Waals surface area contributed by atoms with Crippen molar-refractivity contribution in [2.24, 2.45) is 35.5 Å². The number of hydrogen-bond donors (Lipinski definition) is 3. The molecule has 2 saturated heterocycles. The van der Waals surface area contributed by atoms with Crippen molar-refractivity contribution in [2.75, 3.05) is 32.7 Å². The molecule has 3 fully saturated rings. The van der Waals surface area contributed by atoms with Gasteiger partial charge >= 0.3 is 5.97 Å². The first-order valence-corrected chi connectivity index (χ1v) is 26.2. The molecule has 3 N–H and O–H groups in total. The Morgan fingerprint density at radius 1 is 0.829 bits per heavy atom. The van der Waals surface area contributed by atoms with Crippen molar-refractivity contribution in [1.82, 2.24) is 4.90 Å². The summed E-state index contributed by atoms with van der Waals surface area (Å²) in [5, 5.41) is 34.3. The van der Waals surface area contributed by atoms with Crippen LogP contribution < -0.4 is 4.90 Å². The molecule has 1 amide bonds. The van der Waals surface area contributed by atoms with Gasteiger partial charge in [-0.15, -0.1) is 0 Å². The number of aliphatic hydroxyl groups is 3. The number of esters is 1. The Bertz CT molecular complexity index is 2000. The van der Waals surface area contributed by atoms with Gasteiger partial charge in [0.25, 0.3) is 11.7 Å². The molecular formula is C57H86N2O11. The number of ether oxygens (including phenoxy) is 4. The molecule has 1 aromatic rings. The van der Waals surface area contributed by atoms with Gasteiger partial charge in [0.1, 0.15) is 24.4 Å². The quantitative estimate of drug-likeness (QED) is 0.135. The number of cyclic esters (lactones) is 1. The summed E-state index contributed by atoms with van der Waals surface area (Å²) in [6.45, 7) is 13.8. The summed E-state index contributed by atoms with van der Waals surface area (Å²) < 4.78 is 24.2. The number of piperidine rings is 1. The Morgan fingerprint density at radius 3 is 2.26 bits per heavy atom. The average molecular weight is 975 g/mol. The van der Waals surface area contributed by atoms with E-state index in [0.29, 0.717) is 76.2 Å². The summed E-state index contributed by atoms with van der Waals surface area (Å²) in [5.41, 5.74) is 2.61. The summed E-state index contributed by atoms with van der Waals surface area (Å²) in [4.78, 5) is 60.8. The van der Waals surface area contributed by atoms with Gasteiger partial charge in [-0.25, -0.2) is 4.79 Å². The van der Waals surface area contributed by atoms with E-state index in [1.54, 1.807) is 21.0 Å². The number of carbonyl (C=O) groups excluding carboxylic acids is 4. The van der Waals surface area contributed by atoms with Crippen LogP contribution in [-0.2, 0) is 38.1 Å². The molecule has 1 aliphatic carbocycles. The number of anilines is 1. The summed E-state index contributed by atoms with van der Waals surface area (Å²) in [7, 11) is 5.07. The molecule has 3 aliphatic heterocycles. The lowest BCUT2D eigenvalue weighted by atomic mass is 9.78. The Kier molecular flexibility index (Phi) is 21.7. The highest BCUT2D eigenvalue weighted by molar-refractivity contribution is 6.39. The third-order valence-electron chi connectivity index (χ3n) is 15.9. The predicted octanol–water partition coefficient (Wildman–Crippen LogP) is 8.49. The predicted molar refractivity (Wildman–Crippen MR) is 273 cm³/mol. The first-order chi connectivity index (χ1) is 33.3. The third-order valence-corrected chi connectivity index (χ3v) is 15.9. The molecule has 4 aliphatic rings. The minimum Gasteiger partial charge on any atom is -0.461 e. The number of Topliss-reactive ketones (excluding diaryl/α,β-unsaturated/α-hetero) is 2. The second kappa shape index (κ2) is 26.6. The van der Waals surface area contributed by atoms with E-state index in [9.17, 15) is 34.5 Å². The lowest BCUT2D eigenvalue weighted by Gasteiger charge is -2.43. The molecular weight excluding hydrogens is 889 g/mol. The zero-order valence-electron chi connectivity index (χ0n) is 43.8. The Hall–Kier alpha value is -3.98. The molecule has 390 valence electrons. The van der Waals surface area contributed by atoms with Crippen LogP contribution in [0.3, 0.4) is 0 Å². The van der Waals surface area contributed by atoms with Crippen molar-refractivity contribution in [1.29, 1.82) is 0 Å². The fourth-order valence-corrected chi connectivity index (χ4v) is 11.3. The maximum atomic E-state index is 14.5. The van der Waals surface area contributed by atoms with Gasteiger partial charge in [-0.05, 0) is 139 Å². The van der Waals surface area contributed by atoms with Gasteiger partial charge in [-0.3, -0.25) is 14.4 Å². The number of para-hydroxylation sites is 1. The number of rotatable bonds is 7. The van der Waals surface area contributed by atoms with E-state index in [2.05, 4.69) is 24.8 Å². The molecule has 0 unspecified atom stereocenters. The number of fused-ring (bicyclic) bond motifs is 3. The second-order valence-corrected chi connectivity index (χ2v) is 21.4. The summed E-state index contributed by atoms with van der Waals surface area (Å²) in [6, 6.07) is 8.73. The number of carbonyl (C=O) groups is 4. The summed E-state index contributed by atoms with van der Waals surface area (Å²) >= 11 is 0. The summed E-state index contributed by atoms with van der Waals surface area (Å²) in [6.07, 6.45) is 15.3. The number of ketones is 2. The molecule has 5 rings (SSSR count).